The number of anilines is 2. The van der Waals surface area contributed by atoms with Crippen molar-refractivity contribution in [2.45, 2.75) is 13.8 Å². The second kappa shape index (κ2) is 6.58. The second-order valence-corrected chi connectivity index (χ2v) is 4.88. The van der Waals surface area contributed by atoms with Gasteiger partial charge >= 0.3 is 0 Å². The van der Waals surface area contributed by atoms with Gasteiger partial charge in [0, 0.05) is 5.69 Å². The molecule has 2 aromatic carbocycles. The molecule has 0 spiro atoms. The average Bonchev–Trinajstić information content (AvgIpc) is 2.49. The number of carbonyl (C=O) groups is 1. The van der Waals surface area contributed by atoms with Crippen molar-refractivity contribution in [3.05, 3.63) is 59.2 Å². The number of nitrogens with zero attached hydrogens (tertiary/aromatic N) is 1. The molecule has 0 radical (unpaired) electrons. The van der Waals surface area contributed by atoms with Crippen LogP contribution in [-0.2, 0) is 4.79 Å². The highest BCUT2D eigenvalue weighted by Gasteiger charge is 2.06. The zero-order valence-corrected chi connectivity index (χ0v) is 12.1. The van der Waals surface area contributed by atoms with Crippen LogP contribution in [0.2, 0.25) is 0 Å². The van der Waals surface area contributed by atoms with Gasteiger partial charge in [0.05, 0.1) is 17.8 Å². The molecule has 0 aliphatic heterocycles. The fourth-order valence-electron chi connectivity index (χ4n) is 1.99. The van der Waals surface area contributed by atoms with Crippen LogP contribution >= 0.6 is 0 Å². The molecule has 0 aliphatic carbocycles. The summed E-state index contributed by atoms with van der Waals surface area (Å²) in [6, 6.07) is 15.1. The molecule has 2 N–H and O–H groups in total. The molecule has 21 heavy (non-hydrogen) atoms. The third-order valence-electron chi connectivity index (χ3n) is 3.15. The molecule has 0 saturated carbocycles. The third-order valence-corrected chi connectivity index (χ3v) is 3.15. The highest BCUT2D eigenvalue weighted by molar-refractivity contribution is 5.95. The van der Waals surface area contributed by atoms with Gasteiger partial charge in [-0.2, -0.15) is 5.26 Å². The lowest BCUT2D eigenvalue weighted by Crippen LogP contribution is -2.22. The molecule has 0 saturated heterocycles. The van der Waals surface area contributed by atoms with Gasteiger partial charge in [0.25, 0.3) is 0 Å². The zero-order chi connectivity index (χ0) is 15.2. The molecular formula is C17H17N3O. The van der Waals surface area contributed by atoms with Gasteiger partial charge < -0.3 is 10.6 Å². The molecule has 106 valence electrons. The summed E-state index contributed by atoms with van der Waals surface area (Å²) in [7, 11) is 0. The van der Waals surface area contributed by atoms with Crippen LogP contribution in [-0.4, -0.2) is 12.5 Å². The molecule has 0 unspecified atom stereocenters. The SMILES string of the molecule is Cc1ccc(C)c(NCC(=O)Nc2ccccc2C#N)c1. The van der Waals surface area contributed by atoms with Crippen molar-refractivity contribution in [3.8, 4) is 6.07 Å². The first-order valence-electron chi connectivity index (χ1n) is 6.70. The molecule has 1 amide bonds. The largest absolute Gasteiger partial charge is 0.376 e. The highest BCUT2D eigenvalue weighted by Crippen LogP contribution is 2.16. The molecule has 2 aromatic rings. The number of carbonyl (C=O) groups excluding carboxylic acids is 1. The quantitative estimate of drug-likeness (QED) is 0.903. The predicted octanol–water partition coefficient (Wildman–Crippen LogP) is 3.23. The molecule has 0 heterocycles. The van der Waals surface area contributed by atoms with E-state index in [4.69, 9.17) is 5.26 Å². The van der Waals surface area contributed by atoms with Crippen molar-refractivity contribution in [3.63, 3.8) is 0 Å². The number of hydrogen-bond acceptors (Lipinski definition) is 3. The highest BCUT2D eigenvalue weighted by atomic mass is 16.1. The van der Waals surface area contributed by atoms with Gasteiger partial charge in [-0.25, -0.2) is 0 Å². The summed E-state index contributed by atoms with van der Waals surface area (Å²) in [5.74, 6) is -0.182. The zero-order valence-electron chi connectivity index (χ0n) is 12.1. The number of nitriles is 1. The van der Waals surface area contributed by atoms with Crippen molar-refractivity contribution >= 4 is 17.3 Å². The summed E-state index contributed by atoms with van der Waals surface area (Å²) in [6.45, 7) is 4.16. The van der Waals surface area contributed by atoms with E-state index in [0.29, 0.717) is 11.3 Å². The van der Waals surface area contributed by atoms with Crippen LogP contribution in [0, 0.1) is 25.2 Å². The van der Waals surface area contributed by atoms with E-state index in [9.17, 15) is 4.79 Å². The number of aryl methyl sites for hydroxylation is 2. The van der Waals surface area contributed by atoms with Gasteiger partial charge in [0.2, 0.25) is 5.91 Å². The van der Waals surface area contributed by atoms with Crippen molar-refractivity contribution in [2.75, 3.05) is 17.2 Å². The van der Waals surface area contributed by atoms with E-state index in [0.717, 1.165) is 16.8 Å². The maximum atomic E-state index is 12.0. The normalized spacial score (nSPS) is 9.76. The van der Waals surface area contributed by atoms with E-state index in [-0.39, 0.29) is 12.5 Å². The minimum Gasteiger partial charge on any atom is -0.376 e. The Labute approximate surface area is 124 Å². The number of para-hydroxylation sites is 1. The van der Waals surface area contributed by atoms with Crippen LogP contribution < -0.4 is 10.6 Å². The summed E-state index contributed by atoms with van der Waals surface area (Å²) >= 11 is 0. The van der Waals surface area contributed by atoms with E-state index in [2.05, 4.69) is 16.7 Å². The predicted molar refractivity (Wildman–Crippen MR) is 84.2 cm³/mol. The standard InChI is InChI=1S/C17H17N3O/c1-12-7-8-13(2)16(9-12)19-11-17(21)20-15-6-4-3-5-14(15)10-18/h3-9,19H,11H2,1-2H3,(H,20,21). The monoisotopic (exact) mass is 279 g/mol. The molecule has 0 bridgehead atoms. The molecule has 2 rings (SSSR count). The van der Waals surface area contributed by atoms with Crippen LogP contribution in [0.15, 0.2) is 42.5 Å². The molecule has 4 heteroatoms. The van der Waals surface area contributed by atoms with Crippen LogP contribution in [0.3, 0.4) is 0 Å². The van der Waals surface area contributed by atoms with Gasteiger partial charge in [0.1, 0.15) is 6.07 Å². The Bertz CT molecular complexity index is 701. The first kappa shape index (κ1) is 14.6. The van der Waals surface area contributed by atoms with Crippen LogP contribution in [0.5, 0.6) is 0 Å². The maximum absolute atomic E-state index is 12.0. The van der Waals surface area contributed by atoms with E-state index >= 15 is 0 Å². The van der Waals surface area contributed by atoms with E-state index in [1.165, 1.54) is 0 Å². The van der Waals surface area contributed by atoms with Gasteiger partial charge in [-0.05, 0) is 43.2 Å². The average molecular weight is 279 g/mol. The lowest BCUT2D eigenvalue weighted by atomic mass is 10.1. The Hall–Kier alpha value is -2.80. The van der Waals surface area contributed by atoms with Crippen molar-refractivity contribution in [1.29, 1.82) is 5.26 Å². The van der Waals surface area contributed by atoms with Crippen LogP contribution in [0.4, 0.5) is 11.4 Å². The molecular weight excluding hydrogens is 262 g/mol. The summed E-state index contributed by atoms with van der Waals surface area (Å²) in [5, 5.41) is 14.8. The Kier molecular flexibility index (Phi) is 4.57. The van der Waals surface area contributed by atoms with E-state index in [1.54, 1.807) is 24.3 Å². The number of benzene rings is 2. The minimum absolute atomic E-state index is 0.157. The topological polar surface area (TPSA) is 64.9 Å². The smallest absolute Gasteiger partial charge is 0.243 e. The van der Waals surface area contributed by atoms with Crippen LogP contribution in [0.1, 0.15) is 16.7 Å². The van der Waals surface area contributed by atoms with E-state index < -0.39 is 0 Å². The fourth-order valence-corrected chi connectivity index (χ4v) is 1.99. The molecule has 0 aromatic heterocycles. The molecule has 4 nitrogen and oxygen atoms in total. The summed E-state index contributed by atoms with van der Waals surface area (Å²) in [6.07, 6.45) is 0. The Morgan fingerprint density at radius 2 is 1.90 bits per heavy atom. The number of rotatable bonds is 4. The lowest BCUT2D eigenvalue weighted by Gasteiger charge is -2.11. The molecule has 0 atom stereocenters. The summed E-state index contributed by atoms with van der Waals surface area (Å²) in [4.78, 5) is 12.0. The first-order valence-corrected chi connectivity index (χ1v) is 6.70. The maximum Gasteiger partial charge on any atom is 0.243 e. The number of nitrogens with one attached hydrogen (secondary N) is 2. The Morgan fingerprint density at radius 3 is 2.67 bits per heavy atom. The van der Waals surface area contributed by atoms with Crippen molar-refractivity contribution in [2.24, 2.45) is 0 Å². The van der Waals surface area contributed by atoms with Gasteiger partial charge in [-0.3, -0.25) is 4.79 Å². The molecule has 0 fully saturated rings. The molecule has 0 aliphatic rings. The lowest BCUT2D eigenvalue weighted by molar-refractivity contribution is -0.114. The summed E-state index contributed by atoms with van der Waals surface area (Å²) < 4.78 is 0. The van der Waals surface area contributed by atoms with E-state index in [1.807, 2.05) is 32.0 Å². The van der Waals surface area contributed by atoms with Gasteiger partial charge in [-0.1, -0.05) is 24.3 Å². The summed E-state index contributed by atoms with van der Waals surface area (Å²) in [5.41, 5.74) is 4.16. The minimum atomic E-state index is -0.182. The van der Waals surface area contributed by atoms with Crippen LogP contribution in [0.25, 0.3) is 0 Å². The van der Waals surface area contributed by atoms with Crippen molar-refractivity contribution < 1.29 is 4.79 Å². The van der Waals surface area contributed by atoms with Gasteiger partial charge in [-0.15, -0.1) is 0 Å². The fraction of sp³-hybridized carbons (Fsp3) is 0.176. The van der Waals surface area contributed by atoms with Gasteiger partial charge in [0.15, 0.2) is 0 Å². The third kappa shape index (κ3) is 3.83. The number of hydrogen-bond donors (Lipinski definition) is 2. The second-order valence-electron chi connectivity index (χ2n) is 4.88. The Morgan fingerprint density at radius 1 is 1.14 bits per heavy atom. The first-order chi connectivity index (χ1) is 10.1. The Balaban J connectivity index is 2.00. The number of amides is 1. The van der Waals surface area contributed by atoms with Crippen molar-refractivity contribution in [1.82, 2.24) is 0 Å².